The molecule has 1 aliphatic rings. The second-order valence-corrected chi connectivity index (χ2v) is 4.69. The van der Waals surface area contributed by atoms with Crippen LogP contribution in [-0.4, -0.2) is 41.0 Å². The monoisotopic (exact) mass is 293 g/mol. The van der Waals surface area contributed by atoms with Crippen LogP contribution in [0.1, 0.15) is 12.5 Å². The maximum absolute atomic E-state index is 12.1. The topological polar surface area (TPSA) is 102 Å². The number of carbonyl (C=O) groups excluding carboxylic acids is 2. The Morgan fingerprint density at radius 3 is 2.76 bits per heavy atom. The first-order valence-electron chi connectivity index (χ1n) is 6.41. The van der Waals surface area contributed by atoms with E-state index in [9.17, 15) is 19.7 Å². The molecular formula is C13H15N3O5. The van der Waals surface area contributed by atoms with Crippen LogP contribution in [0.25, 0.3) is 0 Å². The number of nitro benzene ring substituents is 1. The van der Waals surface area contributed by atoms with Gasteiger partial charge in [-0.3, -0.25) is 19.8 Å². The molecule has 0 unspecified atom stereocenters. The number of aryl methyl sites for hydroxylation is 1. The fourth-order valence-electron chi connectivity index (χ4n) is 2.06. The van der Waals surface area contributed by atoms with Gasteiger partial charge in [0.2, 0.25) is 0 Å². The Hall–Kier alpha value is -2.64. The van der Waals surface area contributed by atoms with Crippen LogP contribution < -0.4 is 10.1 Å². The average Bonchev–Trinajstić information content (AvgIpc) is 2.83. The van der Waals surface area contributed by atoms with Crippen LogP contribution >= 0.6 is 0 Å². The minimum Gasteiger partial charge on any atom is -0.481 e. The van der Waals surface area contributed by atoms with E-state index in [-0.39, 0.29) is 5.69 Å². The van der Waals surface area contributed by atoms with Crippen molar-refractivity contribution in [1.82, 2.24) is 10.2 Å². The Bertz CT molecular complexity index is 601. The number of carbonyl (C=O) groups is 2. The van der Waals surface area contributed by atoms with Crippen LogP contribution in [0.2, 0.25) is 0 Å². The molecule has 0 radical (unpaired) electrons. The number of hydrogen-bond donors (Lipinski definition) is 1. The highest BCUT2D eigenvalue weighted by Crippen LogP contribution is 2.24. The van der Waals surface area contributed by atoms with E-state index in [2.05, 4.69) is 5.32 Å². The predicted octanol–water partition coefficient (Wildman–Crippen LogP) is 1.22. The van der Waals surface area contributed by atoms with E-state index in [4.69, 9.17) is 4.74 Å². The van der Waals surface area contributed by atoms with E-state index in [0.29, 0.717) is 24.4 Å². The predicted molar refractivity (Wildman–Crippen MR) is 73.0 cm³/mol. The first-order chi connectivity index (χ1) is 9.90. The zero-order valence-electron chi connectivity index (χ0n) is 11.7. The SMILES string of the molecule is Cc1cc(O[C@H](C)C(=O)N2CCNC2=O)ccc1[N+](=O)[O-]. The number of nitro groups is 1. The van der Waals surface area contributed by atoms with Gasteiger partial charge >= 0.3 is 6.03 Å². The zero-order valence-corrected chi connectivity index (χ0v) is 11.7. The molecule has 1 saturated heterocycles. The molecule has 0 spiro atoms. The van der Waals surface area contributed by atoms with Crippen LogP contribution in [0.3, 0.4) is 0 Å². The van der Waals surface area contributed by atoms with Crippen LogP contribution in [-0.2, 0) is 4.79 Å². The van der Waals surface area contributed by atoms with Gasteiger partial charge in [-0.15, -0.1) is 0 Å². The van der Waals surface area contributed by atoms with Crippen LogP contribution in [0.15, 0.2) is 18.2 Å². The number of benzene rings is 1. The van der Waals surface area contributed by atoms with Crippen molar-refractivity contribution >= 4 is 17.6 Å². The zero-order chi connectivity index (χ0) is 15.6. The summed E-state index contributed by atoms with van der Waals surface area (Å²) in [7, 11) is 0. The summed E-state index contributed by atoms with van der Waals surface area (Å²) in [6, 6.07) is 3.81. The summed E-state index contributed by atoms with van der Waals surface area (Å²) < 4.78 is 5.46. The van der Waals surface area contributed by atoms with Gasteiger partial charge in [0.25, 0.3) is 11.6 Å². The smallest absolute Gasteiger partial charge is 0.324 e. The highest BCUT2D eigenvalue weighted by molar-refractivity contribution is 5.97. The highest BCUT2D eigenvalue weighted by Gasteiger charge is 2.30. The van der Waals surface area contributed by atoms with Crippen LogP contribution in [0.5, 0.6) is 5.75 Å². The van der Waals surface area contributed by atoms with Gasteiger partial charge in [-0.25, -0.2) is 4.79 Å². The second kappa shape index (κ2) is 5.78. The fraction of sp³-hybridized carbons (Fsp3) is 0.385. The summed E-state index contributed by atoms with van der Waals surface area (Å²) >= 11 is 0. The summed E-state index contributed by atoms with van der Waals surface area (Å²) in [5.74, 6) is -0.0976. The van der Waals surface area contributed by atoms with Gasteiger partial charge in [0.15, 0.2) is 6.10 Å². The molecule has 1 aromatic carbocycles. The number of nitrogens with zero attached hydrogens (tertiary/aromatic N) is 2. The van der Waals surface area contributed by atoms with Gasteiger partial charge in [-0.1, -0.05) is 0 Å². The van der Waals surface area contributed by atoms with E-state index < -0.39 is 23.0 Å². The molecule has 0 aromatic heterocycles. The first-order valence-corrected chi connectivity index (χ1v) is 6.41. The van der Waals surface area contributed by atoms with Crippen LogP contribution in [0, 0.1) is 17.0 Å². The number of nitrogens with one attached hydrogen (secondary N) is 1. The Labute approximate surface area is 120 Å². The van der Waals surface area contributed by atoms with Gasteiger partial charge in [0.1, 0.15) is 5.75 Å². The lowest BCUT2D eigenvalue weighted by atomic mass is 10.2. The van der Waals surface area contributed by atoms with E-state index in [1.54, 1.807) is 6.92 Å². The molecule has 1 N–H and O–H groups in total. The molecule has 1 atom stereocenters. The summed E-state index contributed by atoms with van der Waals surface area (Å²) in [6.45, 7) is 3.86. The molecule has 0 saturated carbocycles. The molecule has 1 aromatic rings. The molecule has 1 heterocycles. The number of urea groups is 1. The standard InChI is InChI=1S/C13H15N3O5/c1-8-7-10(3-4-11(8)16(19)20)21-9(2)12(17)15-6-5-14-13(15)18/h3-4,7,9H,5-6H2,1-2H3,(H,14,18)/t9-/m1/s1. The average molecular weight is 293 g/mol. The minimum atomic E-state index is -0.852. The molecule has 112 valence electrons. The molecule has 2 rings (SSSR count). The maximum atomic E-state index is 12.1. The molecule has 8 nitrogen and oxygen atoms in total. The van der Waals surface area contributed by atoms with E-state index in [0.717, 1.165) is 4.90 Å². The molecule has 1 fully saturated rings. The second-order valence-electron chi connectivity index (χ2n) is 4.69. The number of hydrogen-bond acceptors (Lipinski definition) is 5. The highest BCUT2D eigenvalue weighted by atomic mass is 16.6. The lowest BCUT2D eigenvalue weighted by Gasteiger charge is -2.19. The summed E-state index contributed by atoms with van der Waals surface area (Å²) in [5, 5.41) is 13.3. The lowest BCUT2D eigenvalue weighted by molar-refractivity contribution is -0.385. The van der Waals surface area contributed by atoms with Crippen molar-refractivity contribution in [2.24, 2.45) is 0 Å². The van der Waals surface area contributed by atoms with E-state index in [1.807, 2.05) is 0 Å². The summed E-state index contributed by atoms with van der Waals surface area (Å²) in [4.78, 5) is 34.8. The number of amides is 3. The van der Waals surface area contributed by atoms with Gasteiger partial charge in [0, 0.05) is 24.7 Å². The van der Waals surface area contributed by atoms with Crippen molar-refractivity contribution < 1.29 is 19.2 Å². The molecule has 0 bridgehead atoms. The van der Waals surface area contributed by atoms with Crippen LogP contribution in [0.4, 0.5) is 10.5 Å². The summed E-state index contributed by atoms with van der Waals surface area (Å²) in [6.07, 6.45) is -0.852. The van der Waals surface area contributed by atoms with Gasteiger partial charge < -0.3 is 10.1 Å². The van der Waals surface area contributed by atoms with Gasteiger partial charge in [-0.2, -0.15) is 0 Å². The molecule has 0 aliphatic carbocycles. The normalized spacial score (nSPS) is 15.5. The number of imide groups is 1. The van der Waals surface area contributed by atoms with Gasteiger partial charge in [-0.05, 0) is 26.0 Å². The van der Waals surface area contributed by atoms with Crippen molar-refractivity contribution in [2.75, 3.05) is 13.1 Å². The van der Waals surface area contributed by atoms with Crippen molar-refractivity contribution in [1.29, 1.82) is 0 Å². The molecule has 8 heteroatoms. The Morgan fingerprint density at radius 2 is 2.24 bits per heavy atom. The Balaban J connectivity index is 2.07. The lowest BCUT2D eigenvalue weighted by Crippen LogP contribution is -2.42. The summed E-state index contributed by atoms with van der Waals surface area (Å²) in [5.41, 5.74) is 0.427. The third-order valence-corrected chi connectivity index (χ3v) is 3.15. The third kappa shape index (κ3) is 3.10. The first kappa shape index (κ1) is 14.8. The van der Waals surface area contributed by atoms with E-state index >= 15 is 0 Å². The minimum absolute atomic E-state index is 0.0137. The van der Waals surface area contributed by atoms with Crippen molar-refractivity contribution in [3.05, 3.63) is 33.9 Å². The van der Waals surface area contributed by atoms with Crippen molar-refractivity contribution in [3.8, 4) is 5.75 Å². The number of rotatable bonds is 4. The molecule has 3 amide bonds. The van der Waals surface area contributed by atoms with E-state index in [1.165, 1.54) is 25.1 Å². The third-order valence-electron chi connectivity index (χ3n) is 3.15. The Morgan fingerprint density at radius 1 is 1.52 bits per heavy atom. The largest absolute Gasteiger partial charge is 0.481 e. The van der Waals surface area contributed by atoms with Crippen molar-refractivity contribution in [2.45, 2.75) is 20.0 Å². The fourth-order valence-corrected chi connectivity index (χ4v) is 2.06. The maximum Gasteiger partial charge on any atom is 0.324 e. The number of ether oxygens (including phenoxy) is 1. The molecule has 1 aliphatic heterocycles. The molecule has 21 heavy (non-hydrogen) atoms. The van der Waals surface area contributed by atoms with Gasteiger partial charge in [0.05, 0.1) is 4.92 Å². The quantitative estimate of drug-likeness (QED) is 0.664. The molecular weight excluding hydrogens is 278 g/mol. The van der Waals surface area contributed by atoms with Crippen molar-refractivity contribution in [3.63, 3.8) is 0 Å². The Kier molecular flexibility index (Phi) is 4.06.